The van der Waals surface area contributed by atoms with E-state index in [0.29, 0.717) is 26.1 Å². The maximum Gasteiger partial charge on any atom is 0.227 e. The van der Waals surface area contributed by atoms with E-state index in [0.717, 1.165) is 29.1 Å². The second-order valence-electron chi connectivity index (χ2n) is 6.98. The summed E-state index contributed by atoms with van der Waals surface area (Å²) in [5, 5.41) is 4.65. The number of para-hydroxylation sites is 1. The molecule has 2 aromatic carbocycles. The Morgan fingerprint density at radius 1 is 1.00 bits per heavy atom. The minimum Gasteiger partial charge on any atom is -0.341 e. The van der Waals surface area contributed by atoms with Crippen LogP contribution in [-0.4, -0.2) is 40.2 Å². The first-order valence-corrected chi connectivity index (χ1v) is 9.72. The van der Waals surface area contributed by atoms with Crippen LogP contribution in [0.4, 0.5) is 0 Å². The molecule has 0 radical (unpaired) electrons. The molecule has 0 saturated carbocycles. The fourth-order valence-electron chi connectivity index (χ4n) is 3.44. The molecule has 2 N–H and O–H groups in total. The van der Waals surface area contributed by atoms with Gasteiger partial charge in [0.15, 0.2) is 0 Å². The van der Waals surface area contributed by atoms with Gasteiger partial charge in [-0.2, -0.15) is 5.10 Å². The summed E-state index contributed by atoms with van der Waals surface area (Å²) in [7, 11) is 0. The van der Waals surface area contributed by atoms with E-state index in [2.05, 4.69) is 17.2 Å². The number of nitrogens with two attached hydrogens (primary N) is 1. The topological polar surface area (TPSA) is 64.2 Å². The van der Waals surface area contributed by atoms with Gasteiger partial charge in [0.05, 0.1) is 17.8 Å². The number of hydrogen-bond acceptors (Lipinski definition) is 3. The lowest BCUT2D eigenvalue weighted by Gasteiger charge is -2.22. The molecule has 3 rings (SSSR count). The molecular formula is C23H29ClN4O. The van der Waals surface area contributed by atoms with Crippen LogP contribution in [0.3, 0.4) is 0 Å². The molecule has 154 valence electrons. The second kappa shape index (κ2) is 10.8. The zero-order valence-electron chi connectivity index (χ0n) is 17.0. The van der Waals surface area contributed by atoms with Crippen molar-refractivity contribution in [1.29, 1.82) is 0 Å². The summed E-state index contributed by atoms with van der Waals surface area (Å²) in [6.07, 6.45) is 1.17. The van der Waals surface area contributed by atoms with Crippen LogP contribution < -0.4 is 5.73 Å². The molecule has 29 heavy (non-hydrogen) atoms. The first-order chi connectivity index (χ1) is 13.6. The van der Waals surface area contributed by atoms with Crippen LogP contribution in [0.1, 0.15) is 22.5 Å². The lowest BCUT2D eigenvalue weighted by Crippen LogP contribution is -2.38. The normalized spacial score (nSPS) is 10.4. The van der Waals surface area contributed by atoms with Gasteiger partial charge in [0.1, 0.15) is 0 Å². The average Bonchev–Trinajstić information content (AvgIpc) is 3.00. The van der Waals surface area contributed by atoms with Gasteiger partial charge in [0.2, 0.25) is 5.91 Å². The summed E-state index contributed by atoms with van der Waals surface area (Å²) in [6.45, 7) is 5.68. The molecular weight excluding hydrogens is 384 g/mol. The molecule has 0 saturated heterocycles. The number of aryl methyl sites for hydroxylation is 1. The lowest BCUT2D eigenvalue weighted by molar-refractivity contribution is -0.130. The maximum absolute atomic E-state index is 13.0. The Morgan fingerprint density at radius 2 is 1.62 bits per heavy atom. The van der Waals surface area contributed by atoms with Gasteiger partial charge in [-0.15, -0.1) is 12.4 Å². The van der Waals surface area contributed by atoms with Crippen LogP contribution >= 0.6 is 12.4 Å². The highest BCUT2D eigenvalue weighted by molar-refractivity contribution is 5.85. The Bertz CT molecular complexity index is 909. The highest BCUT2D eigenvalue weighted by Gasteiger charge is 2.19. The molecule has 5 nitrogen and oxygen atoms in total. The summed E-state index contributed by atoms with van der Waals surface area (Å²) >= 11 is 0. The van der Waals surface area contributed by atoms with Crippen LogP contribution in [0.25, 0.3) is 5.69 Å². The van der Waals surface area contributed by atoms with E-state index in [4.69, 9.17) is 5.73 Å². The zero-order chi connectivity index (χ0) is 19.9. The number of carbonyl (C=O) groups excluding carboxylic acids is 1. The van der Waals surface area contributed by atoms with Gasteiger partial charge in [0, 0.05) is 30.9 Å². The number of hydrogen-bond donors (Lipinski definition) is 1. The van der Waals surface area contributed by atoms with E-state index < -0.39 is 0 Å². The highest BCUT2D eigenvalue weighted by Crippen LogP contribution is 2.19. The zero-order valence-corrected chi connectivity index (χ0v) is 17.9. The minimum atomic E-state index is 0. The number of carbonyl (C=O) groups is 1. The van der Waals surface area contributed by atoms with Crippen LogP contribution in [0, 0.1) is 13.8 Å². The fraction of sp³-hybridized carbons (Fsp3) is 0.304. The van der Waals surface area contributed by atoms with Crippen molar-refractivity contribution in [3.05, 3.63) is 83.2 Å². The molecule has 0 aliphatic carbocycles. The summed E-state index contributed by atoms with van der Waals surface area (Å²) in [6, 6.07) is 20.2. The second-order valence-corrected chi connectivity index (χ2v) is 6.98. The van der Waals surface area contributed by atoms with Gasteiger partial charge in [0.25, 0.3) is 0 Å². The summed E-state index contributed by atoms with van der Waals surface area (Å²) in [5.41, 5.74) is 10.9. The molecule has 0 spiro atoms. The third kappa shape index (κ3) is 5.68. The van der Waals surface area contributed by atoms with Crippen molar-refractivity contribution < 1.29 is 4.79 Å². The standard InChI is InChI=1S/C23H28N4O.ClH/c1-18-22(19(2)27(25-18)21-11-7-4-8-12-21)17-23(28)26(16-14-24)15-13-20-9-5-3-6-10-20;/h3-12H,13-17,24H2,1-2H3;1H. The van der Waals surface area contributed by atoms with Crippen LogP contribution in [0.5, 0.6) is 0 Å². The van der Waals surface area contributed by atoms with Crippen molar-refractivity contribution in [3.8, 4) is 5.69 Å². The van der Waals surface area contributed by atoms with Gasteiger partial charge in [-0.3, -0.25) is 4.79 Å². The molecule has 0 aliphatic rings. The van der Waals surface area contributed by atoms with Gasteiger partial charge in [-0.05, 0) is 38.0 Å². The molecule has 1 amide bonds. The van der Waals surface area contributed by atoms with Gasteiger partial charge >= 0.3 is 0 Å². The van der Waals surface area contributed by atoms with Gasteiger partial charge < -0.3 is 10.6 Å². The van der Waals surface area contributed by atoms with E-state index in [9.17, 15) is 4.79 Å². The largest absolute Gasteiger partial charge is 0.341 e. The molecule has 3 aromatic rings. The molecule has 0 bridgehead atoms. The van der Waals surface area contributed by atoms with E-state index in [-0.39, 0.29) is 18.3 Å². The van der Waals surface area contributed by atoms with Gasteiger partial charge in [-0.25, -0.2) is 4.68 Å². The highest BCUT2D eigenvalue weighted by atomic mass is 35.5. The third-order valence-corrected chi connectivity index (χ3v) is 5.03. The number of aromatic nitrogens is 2. The third-order valence-electron chi connectivity index (χ3n) is 5.03. The predicted octanol–water partition coefficient (Wildman–Crippen LogP) is 3.48. The Morgan fingerprint density at radius 3 is 2.24 bits per heavy atom. The van der Waals surface area contributed by atoms with E-state index in [1.54, 1.807) is 0 Å². The Balaban J connectivity index is 0.00000300. The van der Waals surface area contributed by atoms with Crippen molar-refractivity contribution in [2.45, 2.75) is 26.7 Å². The summed E-state index contributed by atoms with van der Waals surface area (Å²) in [4.78, 5) is 14.9. The monoisotopic (exact) mass is 412 g/mol. The smallest absolute Gasteiger partial charge is 0.227 e. The van der Waals surface area contributed by atoms with E-state index in [1.165, 1.54) is 5.56 Å². The number of nitrogens with zero attached hydrogens (tertiary/aromatic N) is 3. The van der Waals surface area contributed by atoms with Crippen molar-refractivity contribution in [2.24, 2.45) is 5.73 Å². The quantitative estimate of drug-likeness (QED) is 0.616. The number of amides is 1. The van der Waals surface area contributed by atoms with E-state index in [1.807, 2.05) is 72.0 Å². The Labute approximate surface area is 178 Å². The van der Waals surface area contributed by atoms with Gasteiger partial charge in [-0.1, -0.05) is 48.5 Å². The Hall–Kier alpha value is -2.63. The number of rotatable bonds is 8. The number of halogens is 1. The van der Waals surface area contributed by atoms with Crippen molar-refractivity contribution in [1.82, 2.24) is 14.7 Å². The lowest BCUT2D eigenvalue weighted by atomic mass is 10.1. The first-order valence-electron chi connectivity index (χ1n) is 9.72. The molecule has 0 fully saturated rings. The predicted molar refractivity (Wildman–Crippen MR) is 120 cm³/mol. The molecule has 0 unspecified atom stereocenters. The molecule has 0 atom stereocenters. The average molecular weight is 413 g/mol. The maximum atomic E-state index is 13.0. The van der Waals surface area contributed by atoms with Crippen LogP contribution in [0.15, 0.2) is 60.7 Å². The summed E-state index contributed by atoms with van der Waals surface area (Å²) < 4.78 is 1.91. The first kappa shape index (κ1) is 22.7. The van der Waals surface area contributed by atoms with Crippen molar-refractivity contribution in [3.63, 3.8) is 0 Å². The van der Waals surface area contributed by atoms with E-state index >= 15 is 0 Å². The SMILES string of the molecule is Cc1nn(-c2ccccc2)c(C)c1CC(=O)N(CCN)CCc1ccccc1.Cl. The number of benzene rings is 2. The fourth-order valence-corrected chi connectivity index (χ4v) is 3.44. The Kier molecular flexibility index (Phi) is 8.43. The molecule has 1 aromatic heterocycles. The van der Waals surface area contributed by atoms with Crippen molar-refractivity contribution >= 4 is 18.3 Å². The molecule has 0 aliphatic heterocycles. The minimum absolute atomic E-state index is 0. The molecule has 1 heterocycles. The molecule has 6 heteroatoms. The van der Waals surface area contributed by atoms with Crippen molar-refractivity contribution in [2.75, 3.05) is 19.6 Å². The van der Waals surface area contributed by atoms with Crippen LogP contribution in [-0.2, 0) is 17.6 Å². The van der Waals surface area contributed by atoms with Crippen LogP contribution in [0.2, 0.25) is 0 Å². The summed E-state index contributed by atoms with van der Waals surface area (Å²) in [5.74, 6) is 0.0974.